The Bertz CT molecular complexity index is 4920. The number of carbonyl (C=O) groups is 16. The number of hydrogen-bond acceptors (Lipinski definition) is 37. The van der Waals surface area contributed by atoms with Crippen molar-refractivity contribution in [3.05, 3.63) is 104 Å². The summed E-state index contributed by atoms with van der Waals surface area (Å²) in [6.07, 6.45) is -9.47. The standard InChI is InChI=1S/C89H121N11O31S5/c1-11-16-68(108)128-40-55(76(111)73(44(5)12-2)97-84(119)61-18-13-14-25-100(61)9)52(43(3)4)34-63(130-47(8)102)85-95-59(41-132-85)83(118)92-49(32-48-20-22-50(103)23-21-48)31-45(6)80(115)98-99-88(123)127-27-29-134-133-28-24-66(105)91-38-56(90)81(116)93-58(35-67(106)107)82(117)94-60(86(120)121)42-136-135-30-26-126-87(122)96-57-36-69(129-46(7)74(57)109)131-64-37-89(124,65(104)39-101)79(114)54-33-53-72(78(113)71(54)64)77(112)70-51(75(53)110)17-15-19-62(70)125-10/h15,17,19-23,33,41,43-46,49,52,55-58,60-61,63-64,69,73-74,79,101,103,109,113-114,124H,11-14,16,18,24-32,34-40,42,90H2,1-10H3,(H,91,105)(H,92,118)(H,93,116)(H,94,117)(H,96,122)(H,97,119)(H,98,115)(H,99,123)(H,106,107)(H,120,121)/t44?,45-,46?,49+,52+,55?,56-,57?,58-,60-,61+,63+,64-,69?,73-,74?,79?,89-/m0/s1. The first kappa shape index (κ1) is 111. The summed E-state index contributed by atoms with van der Waals surface area (Å²) in [5.74, 6) is -15.7. The molecule has 2 fully saturated rings. The third-order valence-electron chi connectivity index (χ3n) is 23.6. The number of carboxylic acid groups (broad SMARTS) is 2. The second-order valence-electron chi connectivity index (χ2n) is 33.8. The molecule has 0 saturated carbocycles. The number of amides is 8. The number of alkyl carbamates (subject to hydrolysis) is 1. The number of aliphatic hydroxyl groups is 4. The van der Waals surface area contributed by atoms with Crippen LogP contribution in [0.2, 0.25) is 0 Å². The number of ether oxygens (including phenoxy) is 7. The highest BCUT2D eigenvalue weighted by Gasteiger charge is 2.54. The summed E-state index contributed by atoms with van der Waals surface area (Å²) in [5.41, 5.74) is 6.49. The molecule has 2 saturated heterocycles. The highest BCUT2D eigenvalue weighted by atomic mass is 33.1. The smallest absolute Gasteiger partial charge is 0.426 e. The molecule has 18 atom stereocenters. The number of hydrogen-bond donors (Lipinski definition) is 17. The van der Waals surface area contributed by atoms with Gasteiger partial charge in [0.2, 0.25) is 35.3 Å². The Balaban J connectivity index is 0.734. The van der Waals surface area contributed by atoms with Crippen molar-refractivity contribution in [1.29, 1.82) is 0 Å². The van der Waals surface area contributed by atoms with Gasteiger partial charge in [0, 0.05) is 96.2 Å². The number of ketones is 4. The number of nitrogens with zero attached hydrogens (tertiary/aromatic N) is 2. The largest absolute Gasteiger partial charge is 0.508 e. The minimum Gasteiger partial charge on any atom is -0.508 e. The zero-order valence-electron chi connectivity index (χ0n) is 76.8. The number of fused-ring (bicyclic) bond motifs is 3. The first-order valence-electron chi connectivity index (χ1n) is 44.4. The third kappa shape index (κ3) is 30.8. The number of carboxylic acids is 2. The van der Waals surface area contributed by atoms with Gasteiger partial charge < -0.3 is 112 Å². The van der Waals surface area contributed by atoms with Gasteiger partial charge in [0.25, 0.3) is 5.91 Å². The zero-order chi connectivity index (χ0) is 100. The van der Waals surface area contributed by atoms with Crippen molar-refractivity contribution in [1.82, 2.24) is 52.6 Å². The number of carbonyl (C=O) groups excluding carboxylic acids is 14. The number of benzene rings is 3. The monoisotopic (exact) mass is 2000 g/mol. The van der Waals surface area contributed by atoms with Crippen LogP contribution in [0.1, 0.15) is 215 Å². The van der Waals surface area contributed by atoms with Gasteiger partial charge in [-0.3, -0.25) is 72.7 Å². The topological polar surface area (TPSA) is 638 Å². The molecule has 748 valence electrons. The van der Waals surface area contributed by atoms with Crippen molar-refractivity contribution in [2.24, 2.45) is 35.3 Å². The van der Waals surface area contributed by atoms with E-state index in [2.05, 4.69) is 47.7 Å². The number of phenols is 2. The Labute approximate surface area is 804 Å². The summed E-state index contributed by atoms with van der Waals surface area (Å²) >= 11 is 1.04. The lowest BCUT2D eigenvalue weighted by atomic mass is 9.71. The number of hydrazine groups is 1. The van der Waals surface area contributed by atoms with Crippen LogP contribution in [0.15, 0.2) is 53.9 Å². The molecule has 1 aromatic heterocycles. The van der Waals surface area contributed by atoms with Crippen molar-refractivity contribution in [3.8, 4) is 17.2 Å². The van der Waals surface area contributed by atoms with Crippen LogP contribution in [0.25, 0.3) is 0 Å². The fourth-order valence-electron chi connectivity index (χ4n) is 16.0. The van der Waals surface area contributed by atoms with Crippen molar-refractivity contribution in [2.75, 3.05) is 76.7 Å². The predicted molar refractivity (Wildman–Crippen MR) is 496 cm³/mol. The normalized spacial score (nSPS) is 20.7. The molecule has 2 aliphatic heterocycles. The number of nitrogens with one attached hydrogen (secondary N) is 8. The Kier molecular flexibility index (Phi) is 43.3. The Hall–Kier alpha value is -10.3. The minimum atomic E-state index is -2.79. The zero-order valence-corrected chi connectivity index (χ0v) is 80.9. The molecule has 4 aromatic rings. The van der Waals surface area contributed by atoms with E-state index in [9.17, 15) is 113 Å². The SMILES string of the molecule is CCCC(=O)OCC(C(=O)[C@@H](NC(=O)[C@H]1CCCCN1C)C(C)CC)[C@H](C[C@@H](OC(C)=O)c1nc(C(=O)N[C@@H](Cc2ccc(O)cc2)C[C@H](C)C(=O)NNC(=O)OCCSSCCC(=O)NC[C@H](N)C(=O)N[C@@H](CC(=O)O)C(=O)N[C@@H](CSSCCOC(=O)NC2CC(O[C@H]3C[C@](O)(C(=O)CO)C(O)c4cc5c(c(O)c43)C(=O)c3c(OC)cccc3C5=O)OC(C)C2O)C(=O)O)cs1)C(C)C. The number of aliphatic carboxylic acids is 2. The number of thiazole rings is 1. The van der Waals surface area contributed by atoms with Crippen molar-refractivity contribution < 1.29 is 151 Å². The number of likely N-dealkylation sites (tertiary alicyclic amines) is 1. The summed E-state index contributed by atoms with van der Waals surface area (Å²) < 4.78 is 39.7. The highest BCUT2D eigenvalue weighted by molar-refractivity contribution is 8.77. The van der Waals surface area contributed by atoms with Gasteiger partial charge in [0.05, 0.1) is 60.9 Å². The minimum absolute atomic E-state index is 0.00687. The van der Waals surface area contributed by atoms with E-state index in [1.165, 1.54) is 78.3 Å². The molecule has 0 bridgehead atoms. The van der Waals surface area contributed by atoms with Gasteiger partial charge in [0.1, 0.15) is 84.7 Å². The van der Waals surface area contributed by atoms with Crippen LogP contribution in [-0.2, 0) is 87.6 Å². The van der Waals surface area contributed by atoms with Crippen molar-refractivity contribution in [3.63, 3.8) is 0 Å². The Morgan fingerprint density at radius 2 is 1.47 bits per heavy atom. The first-order chi connectivity index (χ1) is 64.5. The van der Waals surface area contributed by atoms with Crippen LogP contribution in [0.5, 0.6) is 17.2 Å². The Morgan fingerprint density at radius 1 is 0.787 bits per heavy atom. The molecule has 136 heavy (non-hydrogen) atoms. The van der Waals surface area contributed by atoms with E-state index in [4.69, 9.17) is 38.9 Å². The fourth-order valence-corrected chi connectivity index (χ4v) is 20.7. The van der Waals surface area contributed by atoms with Gasteiger partial charge in [-0.2, -0.15) is 0 Å². The summed E-state index contributed by atoms with van der Waals surface area (Å²) in [5, 5.41) is 103. The second kappa shape index (κ2) is 53.0. The second-order valence-corrected chi connectivity index (χ2v) is 40.0. The molecule has 0 radical (unpaired) electrons. The molecule has 7 unspecified atom stereocenters. The fraction of sp³-hybridized carbons (Fsp3) is 0.584. The third-order valence-corrected chi connectivity index (χ3v) is 29.3. The van der Waals surface area contributed by atoms with Crippen LogP contribution in [0.3, 0.4) is 0 Å². The summed E-state index contributed by atoms with van der Waals surface area (Å²) in [4.78, 5) is 220. The molecule has 3 aromatic carbocycles. The van der Waals surface area contributed by atoms with E-state index in [0.717, 1.165) is 58.4 Å². The Morgan fingerprint density at radius 3 is 2.12 bits per heavy atom. The van der Waals surface area contributed by atoms with Gasteiger partial charge in [-0.05, 0) is 112 Å². The summed E-state index contributed by atoms with van der Waals surface area (Å²) in [6, 6.07) is 3.10. The average molecular weight is 2000 g/mol. The van der Waals surface area contributed by atoms with E-state index in [-0.39, 0.29) is 149 Å². The lowest BCUT2D eigenvalue weighted by Gasteiger charge is -2.44. The number of aromatic hydroxyl groups is 2. The van der Waals surface area contributed by atoms with Crippen molar-refractivity contribution in [2.45, 2.75) is 224 Å². The molecule has 18 N–H and O–H groups in total. The number of aliphatic hydroxyl groups excluding tert-OH is 3. The molecular weight excluding hydrogens is 1880 g/mol. The van der Waals surface area contributed by atoms with Gasteiger partial charge in [-0.15, -0.1) is 11.3 Å². The van der Waals surface area contributed by atoms with E-state index < -0.39 is 228 Å². The lowest BCUT2D eigenvalue weighted by Crippen LogP contribution is -2.57. The van der Waals surface area contributed by atoms with Crippen LogP contribution < -0.4 is 53.2 Å². The predicted octanol–water partition coefficient (Wildman–Crippen LogP) is 4.48. The van der Waals surface area contributed by atoms with Crippen LogP contribution in [-0.4, -0.2) is 288 Å². The number of piperidine rings is 1. The van der Waals surface area contributed by atoms with Crippen LogP contribution in [0.4, 0.5) is 9.59 Å². The molecule has 47 heteroatoms. The van der Waals surface area contributed by atoms with Gasteiger partial charge in [-0.1, -0.05) is 122 Å². The number of phenolic OH excluding ortho intramolecular Hbond substituents is 2. The molecule has 8 amide bonds. The van der Waals surface area contributed by atoms with Crippen molar-refractivity contribution >= 4 is 149 Å². The molecule has 42 nitrogen and oxygen atoms in total. The van der Waals surface area contributed by atoms with Crippen LogP contribution in [0, 0.1) is 29.6 Å². The maximum Gasteiger partial charge on any atom is 0.426 e. The quantitative estimate of drug-likeness (QED) is 0.00839. The number of esters is 2. The first-order valence-corrected chi connectivity index (χ1v) is 50.2. The molecule has 0 spiro atoms. The number of likely N-dealkylation sites (N-methyl/N-ethyl adjacent to an activating group) is 1. The number of rotatable bonds is 51. The van der Waals surface area contributed by atoms with Gasteiger partial charge >= 0.3 is 36.1 Å². The lowest BCUT2D eigenvalue weighted by molar-refractivity contribution is -0.253. The molecule has 4 aliphatic rings. The summed E-state index contributed by atoms with van der Waals surface area (Å²) in [7, 11) is 7.47. The van der Waals surface area contributed by atoms with Crippen LogP contribution >= 0.6 is 54.5 Å². The molecule has 8 rings (SSSR count). The number of methoxy groups -OCH3 is 1. The van der Waals surface area contributed by atoms with E-state index >= 15 is 4.79 Å². The maximum atomic E-state index is 15.1. The van der Waals surface area contributed by atoms with E-state index in [1.54, 1.807) is 19.1 Å². The van der Waals surface area contributed by atoms with E-state index in [1.807, 2.05) is 46.6 Å². The number of nitrogens with two attached hydrogens (primary N) is 1. The van der Waals surface area contributed by atoms with Gasteiger partial charge in [0.15, 0.2) is 35.3 Å². The number of aromatic nitrogens is 1. The number of Topliss-reactive ketones (excluding diaryl/α,β-unsaturated/α-hetero) is 2. The summed E-state index contributed by atoms with van der Waals surface area (Å²) in [6.45, 7) is 11.8. The molecule has 3 heterocycles. The molecule has 2 aliphatic carbocycles. The average Bonchev–Trinajstić information content (AvgIpc) is 0.727. The van der Waals surface area contributed by atoms with E-state index in [0.29, 0.717) is 24.8 Å². The maximum absolute atomic E-state index is 15.1. The van der Waals surface area contributed by atoms with Gasteiger partial charge in [-0.25, -0.2) is 24.8 Å². The molecular formula is C89H121N11O31S5. The highest BCUT2D eigenvalue weighted by Crippen LogP contribution is 2.53.